The number of anilines is 2. The van der Waals surface area contributed by atoms with Crippen molar-refractivity contribution in [1.29, 1.82) is 0 Å². The molecule has 170 valence electrons. The van der Waals surface area contributed by atoms with Crippen molar-refractivity contribution in [2.45, 2.75) is 32.2 Å². The summed E-state index contributed by atoms with van der Waals surface area (Å²) in [6.45, 7) is 1.22. The third kappa shape index (κ3) is 5.89. The summed E-state index contributed by atoms with van der Waals surface area (Å²) < 4.78 is 118. The molecule has 0 bridgehead atoms. The summed E-state index contributed by atoms with van der Waals surface area (Å²) in [5.41, 5.74) is -1.49. The molecule has 0 amide bonds. The minimum absolute atomic E-state index is 0.245. The zero-order chi connectivity index (χ0) is 23.7. The third-order valence-electron chi connectivity index (χ3n) is 3.70. The molecule has 31 heavy (non-hydrogen) atoms. The summed E-state index contributed by atoms with van der Waals surface area (Å²) in [7, 11) is 0. The molecule has 0 spiro atoms. The van der Waals surface area contributed by atoms with Crippen molar-refractivity contribution in [3.05, 3.63) is 34.7 Å². The van der Waals surface area contributed by atoms with Gasteiger partial charge in [0.2, 0.25) is 5.95 Å². The Morgan fingerprint density at radius 3 is 2.03 bits per heavy atom. The fourth-order valence-electron chi connectivity index (χ4n) is 2.07. The second kappa shape index (κ2) is 8.77. The van der Waals surface area contributed by atoms with E-state index in [1.165, 1.54) is 0 Å². The molecule has 0 aliphatic carbocycles. The maximum atomic E-state index is 14.2. The van der Waals surface area contributed by atoms with Crippen molar-refractivity contribution in [2.75, 3.05) is 10.7 Å². The number of benzene rings is 1. The molecule has 1 aromatic carbocycles. The van der Waals surface area contributed by atoms with Gasteiger partial charge >= 0.3 is 12.4 Å². The molecule has 1 atom stereocenters. The number of halogens is 10. The van der Waals surface area contributed by atoms with Crippen LogP contribution < -0.4 is 10.7 Å². The van der Waals surface area contributed by atoms with Gasteiger partial charge in [-0.15, -0.1) is 0 Å². The average molecular weight is 480 g/mol. The maximum Gasteiger partial charge on any atom is 0.430 e. The quantitative estimate of drug-likeness (QED) is 0.242. The maximum absolute atomic E-state index is 14.2. The second-order valence-corrected chi connectivity index (χ2v) is 6.38. The summed E-state index contributed by atoms with van der Waals surface area (Å²) in [6.07, 6.45) is -9.68. The van der Waals surface area contributed by atoms with Gasteiger partial charge in [0, 0.05) is 12.1 Å². The van der Waals surface area contributed by atoms with E-state index in [2.05, 4.69) is 15.1 Å². The molecule has 1 heterocycles. The summed E-state index contributed by atoms with van der Waals surface area (Å²) in [5, 5.41) is 3.91. The monoisotopic (exact) mass is 479 g/mol. The van der Waals surface area contributed by atoms with Crippen molar-refractivity contribution in [3.8, 4) is 11.1 Å². The molecule has 2 N–H and O–H groups in total. The van der Waals surface area contributed by atoms with Crippen LogP contribution in [-0.2, 0) is 0 Å². The van der Waals surface area contributed by atoms with Gasteiger partial charge in [-0.1, -0.05) is 11.6 Å². The van der Waals surface area contributed by atoms with Crippen LogP contribution in [0.5, 0.6) is 0 Å². The first-order chi connectivity index (χ1) is 14.1. The average Bonchev–Trinajstić information content (AvgIpc) is 2.59. The van der Waals surface area contributed by atoms with E-state index in [9.17, 15) is 39.5 Å². The minimum atomic E-state index is -4.85. The number of aromatic nitrogens is 2. The van der Waals surface area contributed by atoms with Crippen LogP contribution in [0.2, 0.25) is 5.15 Å². The first-order valence-corrected chi connectivity index (χ1v) is 8.42. The minimum Gasteiger partial charge on any atom is -0.358 e. The lowest BCUT2D eigenvalue weighted by atomic mass is 10.1. The molecule has 1 aromatic heterocycles. The van der Waals surface area contributed by atoms with Gasteiger partial charge in [0.25, 0.3) is 0 Å². The zero-order valence-electron chi connectivity index (χ0n) is 15.4. The van der Waals surface area contributed by atoms with E-state index in [-0.39, 0.29) is 12.1 Å². The van der Waals surface area contributed by atoms with E-state index in [0.717, 1.165) is 0 Å². The second-order valence-electron chi connectivity index (χ2n) is 6.02. The fraction of sp³-hybridized carbons (Fsp3) is 0.312. The van der Waals surface area contributed by atoms with Crippen molar-refractivity contribution >= 4 is 29.1 Å². The smallest absolute Gasteiger partial charge is 0.358 e. The highest BCUT2D eigenvalue weighted by Gasteiger charge is 2.37. The Morgan fingerprint density at radius 2 is 1.55 bits per heavy atom. The van der Waals surface area contributed by atoms with Gasteiger partial charge in [0.1, 0.15) is 40.2 Å². The first kappa shape index (κ1) is 24.5. The Bertz CT molecular complexity index is 981. The van der Waals surface area contributed by atoms with Gasteiger partial charge in [-0.3, -0.25) is 0 Å². The highest BCUT2D eigenvalue weighted by Crippen LogP contribution is 2.38. The molecule has 2 aromatic rings. The van der Waals surface area contributed by atoms with Crippen LogP contribution >= 0.6 is 11.6 Å². The summed E-state index contributed by atoms with van der Waals surface area (Å²) in [5.74, 6) is -6.08. The number of hydrogen-bond acceptors (Lipinski definition) is 5. The Labute approximate surface area is 173 Å². The zero-order valence-corrected chi connectivity index (χ0v) is 16.1. The highest BCUT2D eigenvalue weighted by molar-refractivity contribution is 6.32. The van der Waals surface area contributed by atoms with Crippen molar-refractivity contribution < 1.29 is 39.5 Å². The summed E-state index contributed by atoms with van der Waals surface area (Å²) in [6, 6.07) is -1.85. The van der Waals surface area contributed by atoms with Crippen LogP contribution in [0.25, 0.3) is 11.1 Å². The SMILES string of the molecule is CC(=NNc1nc(Cl)c(-c2c(F)cc(F)cc2F)c(N[C@@H](C)C(F)(F)F)n1)C(F)(F)F. The molecule has 2 rings (SSSR count). The predicted octanol–water partition coefficient (Wildman–Crippen LogP) is 5.93. The van der Waals surface area contributed by atoms with E-state index in [4.69, 9.17) is 11.6 Å². The van der Waals surface area contributed by atoms with E-state index < -0.39 is 69.6 Å². The van der Waals surface area contributed by atoms with Gasteiger partial charge < -0.3 is 5.32 Å². The number of nitrogens with one attached hydrogen (secondary N) is 2. The molecule has 0 saturated heterocycles. The molecule has 15 heteroatoms. The number of hydrazone groups is 1. The molecular weight excluding hydrogens is 469 g/mol. The lowest BCUT2D eigenvalue weighted by Crippen LogP contribution is -2.33. The lowest BCUT2D eigenvalue weighted by molar-refractivity contribution is -0.138. The first-order valence-electron chi connectivity index (χ1n) is 8.04. The third-order valence-corrected chi connectivity index (χ3v) is 3.97. The topological polar surface area (TPSA) is 62.2 Å². The lowest BCUT2D eigenvalue weighted by Gasteiger charge is -2.21. The molecule has 0 unspecified atom stereocenters. The van der Waals surface area contributed by atoms with Gasteiger partial charge in [0.15, 0.2) is 0 Å². The molecule has 0 aliphatic heterocycles. The highest BCUT2D eigenvalue weighted by atomic mass is 35.5. The van der Waals surface area contributed by atoms with E-state index in [0.29, 0.717) is 13.8 Å². The fourth-order valence-corrected chi connectivity index (χ4v) is 2.34. The number of hydrogen-bond donors (Lipinski definition) is 2. The number of alkyl halides is 6. The Kier molecular flexibility index (Phi) is 6.93. The van der Waals surface area contributed by atoms with E-state index in [1.807, 2.05) is 5.32 Å². The molecule has 0 radical (unpaired) electrons. The van der Waals surface area contributed by atoms with Crippen LogP contribution in [0.1, 0.15) is 13.8 Å². The van der Waals surface area contributed by atoms with Crippen LogP contribution in [0, 0.1) is 17.5 Å². The summed E-state index contributed by atoms with van der Waals surface area (Å²) in [4.78, 5) is 6.96. The van der Waals surface area contributed by atoms with Crippen LogP contribution in [0.3, 0.4) is 0 Å². The van der Waals surface area contributed by atoms with Gasteiger partial charge in [-0.05, 0) is 13.8 Å². The van der Waals surface area contributed by atoms with E-state index >= 15 is 0 Å². The van der Waals surface area contributed by atoms with Crippen LogP contribution in [0.15, 0.2) is 17.2 Å². The Morgan fingerprint density at radius 1 is 1.00 bits per heavy atom. The number of rotatable bonds is 5. The molecule has 0 fully saturated rings. The molecule has 0 aliphatic rings. The molecular formula is C16H11ClF9N5. The largest absolute Gasteiger partial charge is 0.430 e. The molecule has 5 nitrogen and oxygen atoms in total. The van der Waals surface area contributed by atoms with Gasteiger partial charge in [0.05, 0.1) is 11.1 Å². The van der Waals surface area contributed by atoms with E-state index in [1.54, 1.807) is 5.43 Å². The van der Waals surface area contributed by atoms with Crippen LogP contribution in [0.4, 0.5) is 51.3 Å². The predicted molar refractivity (Wildman–Crippen MR) is 94.3 cm³/mol. The standard InChI is InChI=1S/C16H11ClF9N5/c1-5(15(21,22)23)27-13-11(10-8(19)3-7(18)4-9(10)20)12(17)28-14(29-13)31-30-6(2)16(24,25)26/h3-5H,1-2H3,(H2,27,28,29,31)/t5-/m0/s1. The van der Waals surface area contributed by atoms with Crippen molar-refractivity contribution in [1.82, 2.24) is 9.97 Å². The summed E-state index contributed by atoms with van der Waals surface area (Å²) >= 11 is 5.85. The van der Waals surface area contributed by atoms with Crippen LogP contribution in [-0.4, -0.2) is 34.1 Å². The van der Waals surface area contributed by atoms with Crippen molar-refractivity contribution in [3.63, 3.8) is 0 Å². The Hall–Kier alpha value is -2.77. The Balaban J connectivity index is 2.65. The molecule has 0 saturated carbocycles. The normalized spacial score (nSPS) is 13.9. The van der Waals surface area contributed by atoms with Gasteiger partial charge in [-0.25, -0.2) is 18.6 Å². The van der Waals surface area contributed by atoms with Gasteiger partial charge in [-0.2, -0.15) is 41.4 Å². The number of nitrogens with zero attached hydrogens (tertiary/aromatic N) is 3. The van der Waals surface area contributed by atoms with Crippen molar-refractivity contribution in [2.24, 2.45) is 5.10 Å².